The van der Waals surface area contributed by atoms with Gasteiger partial charge in [0.15, 0.2) is 5.82 Å². The van der Waals surface area contributed by atoms with Crippen molar-refractivity contribution < 1.29 is 4.39 Å². The quantitative estimate of drug-likeness (QED) is 0.581. The van der Waals surface area contributed by atoms with Crippen molar-refractivity contribution in [1.29, 1.82) is 0 Å². The number of nitrogens with zero attached hydrogens (tertiary/aromatic N) is 4. The summed E-state index contributed by atoms with van der Waals surface area (Å²) in [5, 5.41) is 12.8. The number of piperidine rings is 1. The third-order valence-electron chi connectivity index (χ3n) is 6.28. The number of likely N-dealkylation sites (tertiary alicyclic amines) is 1. The van der Waals surface area contributed by atoms with Crippen molar-refractivity contribution in [1.82, 2.24) is 15.1 Å². The molecule has 4 rings (SSSR count). The summed E-state index contributed by atoms with van der Waals surface area (Å²) in [4.78, 5) is 11.4. The number of rotatable bonds is 4. The molecular formula is C23H31ClFN7. The molecule has 1 aromatic heterocycles. The fourth-order valence-electron chi connectivity index (χ4n) is 4.37. The molecule has 3 heterocycles. The predicted molar refractivity (Wildman–Crippen MR) is 130 cm³/mol. The van der Waals surface area contributed by atoms with E-state index in [4.69, 9.17) is 11.6 Å². The van der Waals surface area contributed by atoms with Crippen molar-refractivity contribution in [2.24, 2.45) is 9.98 Å². The van der Waals surface area contributed by atoms with E-state index >= 15 is 4.39 Å². The molecule has 1 fully saturated rings. The minimum Gasteiger partial charge on any atom is -0.326 e. The van der Waals surface area contributed by atoms with Crippen LogP contribution in [-0.4, -0.2) is 57.9 Å². The van der Waals surface area contributed by atoms with Gasteiger partial charge in [-0.25, -0.2) is 9.38 Å². The predicted octanol–water partition coefficient (Wildman–Crippen LogP) is 4.65. The number of hydrogen-bond donors (Lipinski definition) is 3. The van der Waals surface area contributed by atoms with Crippen LogP contribution in [0.15, 0.2) is 28.2 Å². The SMILES string of the molecule is CCN1CCC(c2cc(F)c(NC3=NC(C)C(Cl)C(Nc4cc(C)[nH]n4)=N3)cc2C)CC1. The van der Waals surface area contributed by atoms with E-state index in [0.717, 1.165) is 49.3 Å². The minimum atomic E-state index is -0.430. The summed E-state index contributed by atoms with van der Waals surface area (Å²) in [5.74, 6) is 1.59. The van der Waals surface area contributed by atoms with Crippen molar-refractivity contribution in [2.45, 2.75) is 57.9 Å². The Kier molecular flexibility index (Phi) is 6.81. The van der Waals surface area contributed by atoms with Crippen LogP contribution in [0.2, 0.25) is 0 Å². The number of benzene rings is 1. The number of halogens is 2. The van der Waals surface area contributed by atoms with Crippen LogP contribution in [-0.2, 0) is 0 Å². The Morgan fingerprint density at radius 2 is 1.94 bits per heavy atom. The van der Waals surface area contributed by atoms with E-state index in [2.05, 4.69) is 42.6 Å². The number of hydrogen-bond acceptors (Lipinski definition) is 6. The van der Waals surface area contributed by atoms with E-state index in [0.29, 0.717) is 29.2 Å². The number of aromatic nitrogens is 2. The van der Waals surface area contributed by atoms with E-state index in [-0.39, 0.29) is 11.9 Å². The number of amidine groups is 1. The summed E-state index contributed by atoms with van der Waals surface area (Å²) in [6.45, 7) is 11.3. The average molecular weight is 460 g/mol. The first kappa shape index (κ1) is 22.7. The molecule has 1 aromatic carbocycles. The van der Waals surface area contributed by atoms with Crippen LogP contribution in [0.1, 0.15) is 49.4 Å². The van der Waals surface area contributed by atoms with Crippen molar-refractivity contribution in [3.63, 3.8) is 0 Å². The normalized spacial score (nSPS) is 22.4. The third-order valence-corrected chi connectivity index (χ3v) is 6.85. The van der Waals surface area contributed by atoms with Gasteiger partial charge in [-0.05, 0) is 82.4 Å². The lowest BCUT2D eigenvalue weighted by Gasteiger charge is -2.32. The molecule has 2 unspecified atom stereocenters. The minimum absolute atomic E-state index is 0.230. The summed E-state index contributed by atoms with van der Waals surface area (Å²) >= 11 is 6.50. The van der Waals surface area contributed by atoms with Crippen LogP contribution in [0.5, 0.6) is 0 Å². The molecule has 1 saturated heterocycles. The second kappa shape index (κ2) is 9.58. The van der Waals surface area contributed by atoms with Crippen molar-refractivity contribution in [3.8, 4) is 0 Å². The summed E-state index contributed by atoms with van der Waals surface area (Å²) in [6.07, 6.45) is 2.13. The highest BCUT2D eigenvalue weighted by Gasteiger charge is 2.27. The Bertz CT molecular complexity index is 1020. The highest BCUT2D eigenvalue weighted by Crippen LogP contribution is 2.33. The van der Waals surface area contributed by atoms with Gasteiger partial charge in [0.2, 0.25) is 5.96 Å². The number of anilines is 2. The number of H-pyrrole nitrogens is 1. The zero-order valence-corrected chi connectivity index (χ0v) is 19.8. The van der Waals surface area contributed by atoms with Gasteiger partial charge in [0, 0.05) is 11.8 Å². The van der Waals surface area contributed by atoms with Crippen LogP contribution >= 0.6 is 11.6 Å². The van der Waals surface area contributed by atoms with Gasteiger partial charge < -0.3 is 15.5 Å². The van der Waals surface area contributed by atoms with Crippen LogP contribution in [0, 0.1) is 19.7 Å². The van der Waals surface area contributed by atoms with Crippen LogP contribution < -0.4 is 10.6 Å². The number of aryl methyl sites for hydroxylation is 2. The van der Waals surface area contributed by atoms with Crippen molar-refractivity contribution in [2.75, 3.05) is 30.3 Å². The second-order valence-corrected chi connectivity index (χ2v) is 9.15. The largest absolute Gasteiger partial charge is 0.326 e. The number of alkyl halides is 1. The zero-order chi connectivity index (χ0) is 22.8. The van der Waals surface area contributed by atoms with Gasteiger partial charge >= 0.3 is 0 Å². The molecule has 32 heavy (non-hydrogen) atoms. The molecule has 0 bridgehead atoms. The number of aliphatic imine (C=N–C) groups is 2. The third kappa shape index (κ3) is 4.96. The maximum atomic E-state index is 15.1. The lowest BCUT2D eigenvalue weighted by Crippen LogP contribution is -2.37. The smallest absolute Gasteiger partial charge is 0.224 e. The van der Waals surface area contributed by atoms with Gasteiger partial charge in [-0.3, -0.25) is 5.10 Å². The first-order valence-electron chi connectivity index (χ1n) is 11.2. The second-order valence-electron chi connectivity index (χ2n) is 8.68. The molecule has 172 valence electrons. The van der Waals surface area contributed by atoms with Gasteiger partial charge in [-0.15, -0.1) is 11.6 Å². The van der Waals surface area contributed by atoms with Gasteiger partial charge in [0.1, 0.15) is 17.0 Å². The molecule has 0 saturated carbocycles. The first-order chi connectivity index (χ1) is 15.3. The van der Waals surface area contributed by atoms with E-state index in [1.807, 2.05) is 32.9 Å². The Hall–Kier alpha value is -2.45. The topological polar surface area (TPSA) is 80.7 Å². The average Bonchev–Trinajstić information content (AvgIpc) is 3.18. The maximum absolute atomic E-state index is 15.1. The van der Waals surface area contributed by atoms with E-state index in [9.17, 15) is 0 Å². The molecule has 0 spiro atoms. The van der Waals surface area contributed by atoms with Gasteiger partial charge in [0.05, 0.1) is 11.7 Å². The maximum Gasteiger partial charge on any atom is 0.224 e. The number of guanidine groups is 1. The van der Waals surface area contributed by atoms with Crippen LogP contribution in [0.3, 0.4) is 0 Å². The Labute approximate surface area is 193 Å². The van der Waals surface area contributed by atoms with Gasteiger partial charge in [0.25, 0.3) is 0 Å². The molecule has 2 aliphatic heterocycles. The van der Waals surface area contributed by atoms with Crippen LogP contribution in [0.25, 0.3) is 0 Å². The molecule has 2 aliphatic rings. The lowest BCUT2D eigenvalue weighted by atomic mass is 9.86. The summed E-state index contributed by atoms with van der Waals surface area (Å²) in [6, 6.07) is 5.17. The van der Waals surface area contributed by atoms with E-state index < -0.39 is 5.38 Å². The van der Waals surface area contributed by atoms with Gasteiger partial charge in [-0.2, -0.15) is 10.1 Å². The molecular weight excluding hydrogens is 429 g/mol. The Morgan fingerprint density at radius 1 is 1.19 bits per heavy atom. The molecule has 2 atom stereocenters. The number of aromatic amines is 1. The molecule has 0 radical (unpaired) electrons. The molecule has 7 nitrogen and oxygen atoms in total. The Morgan fingerprint density at radius 3 is 2.59 bits per heavy atom. The molecule has 2 aromatic rings. The zero-order valence-electron chi connectivity index (χ0n) is 19.0. The fraction of sp³-hybridized carbons (Fsp3) is 0.522. The summed E-state index contributed by atoms with van der Waals surface area (Å²) in [5.41, 5.74) is 3.48. The number of nitrogens with one attached hydrogen (secondary N) is 3. The van der Waals surface area contributed by atoms with Gasteiger partial charge in [-0.1, -0.05) is 6.92 Å². The fourth-order valence-corrected chi connectivity index (χ4v) is 4.53. The highest BCUT2D eigenvalue weighted by molar-refractivity contribution is 6.36. The molecule has 0 aliphatic carbocycles. The van der Waals surface area contributed by atoms with Crippen LogP contribution in [0.4, 0.5) is 15.9 Å². The van der Waals surface area contributed by atoms with Crippen molar-refractivity contribution >= 4 is 34.9 Å². The first-order valence-corrected chi connectivity index (χ1v) is 11.7. The molecule has 0 amide bonds. The molecule has 9 heteroatoms. The Balaban J connectivity index is 1.51. The summed E-state index contributed by atoms with van der Waals surface area (Å²) in [7, 11) is 0. The van der Waals surface area contributed by atoms with Crippen molar-refractivity contribution in [3.05, 3.63) is 40.8 Å². The summed E-state index contributed by atoms with van der Waals surface area (Å²) < 4.78 is 15.1. The van der Waals surface area contributed by atoms with E-state index in [1.54, 1.807) is 6.07 Å². The highest BCUT2D eigenvalue weighted by atomic mass is 35.5. The van der Waals surface area contributed by atoms with E-state index in [1.165, 1.54) is 0 Å². The molecule has 3 N–H and O–H groups in total. The lowest BCUT2D eigenvalue weighted by molar-refractivity contribution is 0.222. The standard InChI is InChI=1S/C23H31ClFN7/c1-5-32-8-6-16(7-9-32)17-12-18(25)19(10-13(17)2)27-23-26-15(4)21(24)22(29-23)28-20-11-14(3)30-31-20/h10-12,15-16,21H,5-9H2,1-4H3,(H3,26,27,28,29,30,31). The monoisotopic (exact) mass is 459 g/mol.